The van der Waals surface area contributed by atoms with Gasteiger partial charge in [-0.15, -0.1) is 0 Å². The molecule has 0 unspecified atom stereocenters. The monoisotopic (exact) mass is 207 g/mol. The molecule has 0 aromatic heterocycles. The number of nitrogen functional groups attached to an aromatic ring is 1. The van der Waals surface area contributed by atoms with Crippen LogP contribution in [0.3, 0.4) is 0 Å². The molecule has 0 saturated carbocycles. The lowest BCUT2D eigenvalue weighted by atomic mass is 9.98. The minimum atomic E-state index is 0.202. The first-order chi connectivity index (χ1) is 6.91. The van der Waals surface area contributed by atoms with Crippen molar-refractivity contribution in [2.24, 2.45) is 0 Å². The van der Waals surface area contributed by atoms with Gasteiger partial charge in [0.1, 0.15) is 5.75 Å². The summed E-state index contributed by atoms with van der Waals surface area (Å²) in [4.78, 5) is 0. The third kappa shape index (κ3) is 2.88. The van der Waals surface area contributed by atoms with Crippen LogP contribution in [-0.2, 0) is 0 Å². The normalized spacial score (nSPS) is 11.1. The summed E-state index contributed by atoms with van der Waals surface area (Å²) in [5, 5.41) is 0. The van der Waals surface area contributed by atoms with Crippen molar-refractivity contribution < 1.29 is 4.74 Å². The number of hydrogen-bond donors (Lipinski definition) is 1. The summed E-state index contributed by atoms with van der Waals surface area (Å²) in [5.41, 5.74) is 9.18. The molecule has 0 spiro atoms. The molecule has 0 fully saturated rings. The van der Waals surface area contributed by atoms with Gasteiger partial charge in [-0.25, -0.2) is 0 Å². The van der Waals surface area contributed by atoms with Crippen molar-refractivity contribution in [1.82, 2.24) is 0 Å². The van der Waals surface area contributed by atoms with Crippen molar-refractivity contribution in [3.8, 4) is 5.75 Å². The zero-order valence-electron chi connectivity index (χ0n) is 10.3. The van der Waals surface area contributed by atoms with Gasteiger partial charge in [-0.3, -0.25) is 0 Å². The molecule has 1 rings (SSSR count). The fourth-order valence-corrected chi connectivity index (χ4v) is 1.61. The lowest BCUT2D eigenvalue weighted by Gasteiger charge is -2.16. The van der Waals surface area contributed by atoms with E-state index in [0.29, 0.717) is 5.92 Å². The van der Waals surface area contributed by atoms with Crippen LogP contribution in [0.4, 0.5) is 5.69 Å². The van der Waals surface area contributed by atoms with Crippen molar-refractivity contribution in [3.05, 3.63) is 23.3 Å². The van der Waals surface area contributed by atoms with Gasteiger partial charge in [-0.1, -0.05) is 13.8 Å². The Hall–Kier alpha value is -1.18. The average molecular weight is 207 g/mol. The van der Waals surface area contributed by atoms with Crippen LogP contribution in [-0.4, -0.2) is 6.10 Å². The zero-order chi connectivity index (χ0) is 11.6. The SMILES string of the molecule is Cc1cc(OC(C)C)cc(C(C)C)c1N. The Labute approximate surface area is 92.4 Å². The van der Waals surface area contributed by atoms with E-state index in [2.05, 4.69) is 13.8 Å². The van der Waals surface area contributed by atoms with E-state index in [4.69, 9.17) is 10.5 Å². The van der Waals surface area contributed by atoms with E-state index in [1.54, 1.807) is 0 Å². The maximum Gasteiger partial charge on any atom is 0.120 e. The molecular formula is C13H21NO. The Morgan fingerprint density at radius 1 is 1.13 bits per heavy atom. The van der Waals surface area contributed by atoms with Crippen LogP contribution in [0.2, 0.25) is 0 Å². The molecule has 15 heavy (non-hydrogen) atoms. The van der Waals surface area contributed by atoms with E-state index >= 15 is 0 Å². The lowest BCUT2D eigenvalue weighted by Crippen LogP contribution is -2.07. The zero-order valence-corrected chi connectivity index (χ0v) is 10.3. The third-order valence-electron chi connectivity index (χ3n) is 2.39. The van der Waals surface area contributed by atoms with Gasteiger partial charge in [0, 0.05) is 5.69 Å². The van der Waals surface area contributed by atoms with Crippen LogP contribution < -0.4 is 10.5 Å². The summed E-state index contributed by atoms with van der Waals surface area (Å²) in [6.07, 6.45) is 0.202. The van der Waals surface area contributed by atoms with Gasteiger partial charge in [-0.05, 0) is 49.9 Å². The second-order valence-electron chi connectivity index (χ2n) is 4.56. The molecule has 0 aliphatic heterocycles. The number of ether oxygens (including phenoxy) is 1. The molecule has 0 aliphatic rings. The summed E-state index contributed by atoms with van der Waals surface area (Å²) in [6, 6.07) is 4.05. The van der Waals surface area contributed by atoms with Gasteiger partial charge in [0.15, 0.2) is 0 Å². The van der Waals surface area contributed by atoms with E-state index < -0.39 is 0 Å². The average Bonchev–Trinajstić information content (AvgIpc) is 2.09. The van der Waals surface area contributed by atoms with Gasteiger partial charge in [0.25, 0.3) is 0 Å². The Morgan fingerprint density at radius 3 is 2.20 bits per heavy atom. The number of rotatable bonds is 3. The molecule has 0 saturated heterocycles. The molecule has 0 heterocycles. The molecule has 2 heteroatoms. The summed E-state index contributed by atoms with van der Waals surface area (Å²) in [7, 11) is 0. The predicted octanol–water partition coefficient (Wildman–Crippen LogP) is 3.49. The molecule has 0 atom stereocenters. The van der Waals surface area contributed by atoms with Crippen LogP contribution in [0.15, 0.2) is 12.1 Å². The maximum atomic E-state index is 6.03. The van der Waals surface area contributed by atoms with Crippen molar-refractivity contribution >= 4 is 5.69 Å². The quantitative estimate of drug-likeness (QED) is 0.770. The van der Waals surface area contributed by atoms with Crippen LogP contribution in [0.5, 0.6) is 5.75 Å². The minimum Gasteiger partial charge on any atom is -0.491 e. The van der Waals surface area contributed by atoms with Crippen LogP contribution >= 0.6 is 0 Å². The highest BCUT2D eigenvalue weighted by Gasteiger charge is 2.09. The second kappa shape index (κ2) is 4.56. The van der Waals surface area contributed by atoms with E-state index in [-0.39, 0.29) is 6.10 Å². The fraction of sp³-hybridized carbons (Fsp3) is 0.538. The molecule has 0 amide bonds. The highest BCUT2D eigenvalue weighted by Crippen LogP contribution is 2.30. The third-order valence-corrected chi connectivity index (χ3v) is 2.39. The van der Waals surface area contributed by atoms with E-state index in [9.17, 15) is 0 Å². The molecule has 2 nitrogen and oxygen atoms in total. The summed E-state index contributed by atoms with van der Waals surface area (Å²) < 4.78 is 5.69. The summed E-state index contributed by atoms with van der Waals surface area (Å²) in [6.45, 7) is 10.4. The van der Waals surface area contributed by atoms with Gasteiger partial charge in [0.05, 0.1) is 6.10 Å². The van der Waals surface area contributed by atoms with E-state index in [1.807, 2.05) is 32.9 Å². The van der Waals surface area contributed by atoms with E-state index in [0.717, 1.165) is 17.0 Å². The highest BCUT2D eigenvalue weighted by atomic mass is 16.5. The Morgan fingerprint density at radius 2 is 1.73 bits per heavy atom. The molecule has 84 valence electrons. The van der Waals surface area contributed by atoms with Gasteiger partial charge in [-0.2, -0.15) is 0 Å². The molecule has 0 bridgehead atoms. The maximum absolute atomic E-state index is 6.03. The van der Waals surface area contributed by atoms with Crippen LogP contribution in [0.25, 0.3) is 0 Å². The fourth-order valence-electron chi connectivity index (χ4n) is 1.61. The van der Waals surface area contributed by atoms with Crippen LogP contribution in [0.1, 0.15) is 44.7 Å². The summed E-state index contributed by atoms with van der Waals surface area (Å²) in [5.74, 6) is 1.35. The standard InChI is InChI=1S/C13H21NO/c1-8(2)12-7-11(15-9(3)4)6-10(5)13(12)14/h6-9H,14H2,1-5H3. The summed E-state index contributed by atoms with van der Waals surface area (Å²) >= 11 is 0. The van der Waals surface area contributed by atoms with Crippen LogP contribution in [0, 0.1) is 6.92 Å². The van der Waals surface area contributed by atoms with Crippen molar-refractivity contribution in [3.63, 3.8) is 0 Å². The predicted molar refractivity (Wildman–Crippen MR) is 65.4 cm³/mol. The Bertz CT molecular complexity index is 343. The first-order valence-corrected chi connectivity index (χ1v) is 5.48. The number of anilines is 1. The smallest absolute Gasteiger partial charge is 0.120 e. The first kappa shape index (κ1) is 11.9. The highest BCUT2D eigenvalue weighted by molar-refractivity contribution is 5.57. The Balaban J connectivity index is 3.11. The van der Waals surface area contributed by atoms with Gasteiger partial charge < -0.3 is 10.5 Å². The molecule has 0 aliphatic carbocycles. The minimum absolute atomic E-state index is 0.202. The van der Waals surface area contributed by atoms with Crippen molar-refractivity contribution in [1.29, 1.82) is 0 Å². The number of hydrogen-bond acceptors (Lipinski definition) is 2. The molecule has 1 aromatic rings. The number of aryl methyl sites for hydroxylation is 1. The lowest BCUT2D eigenvalue weighted by molar-refractivity contribution is 0.242. The van der Waals surface area contributed by atoms with E-state index in [1.165, 1.54) is 5.56 Å². The first-order valence-electron chi connectivity index (χ1n) is 5.48. The van der Waals surface area contributed by atoms with Gasteiger partial charge >= 0.3 is 0 Å². The largest absolute Gasteiger partial charge is 0.491 e. The Kier molecular flexibility index (Phi) is 3.61. The number of nitrogens with two attached hydrogens (primary N) is 1. The van der Waals surface area contributed by atoms with Gasteiger partial charge in [0.2, 0.25) is 0 Å². The topological polar surface area (TPSA) is 35.2 Å². The molecule has 2 N–H and O–H groups in total. The molecular weight excluding hydrogens is 186 g/mol. The van der Waals surface area contributed by atoms with Crippen molar-refractivity contribution in [2.75, 3.05) is 5.73 Å². The molecule has 0 radical (unpaired) electrons. The number of benzene rings is 1. The second-order valence-corrected chi connectivity index (χ2v) is 4.56. The molecule has 1 aromatic carbocycles. The van der Waals surface area contributed by atoms with Crippen molar-refractivity contribution in [2.45, 2.75) is 46.6 Å².